The molecule has 2 amide bonds. The van der Waals surface area contributed by atoms with E-state index < -0.39 is 0 Å². The van der Waals surface area contributed by atoms with Crippen LogP contribution in [0.5, 0.6) is 0 Å². The van der Waals surface area contributed by atoms with Crippen LogP contribution in [0.15, 0.2) is 25.3 Å². The number of nitrogens with zero attached hydrogens (tertiary/aromatic N) is 1. The third-order valence-electron chi connectivity index (χ3n) is 3.63. The number of carbonyl (C=O) groups excluding carboxylic acids is 2. The van der Waals surface area contributed by atoms with Gasteiger partial charge >= 0.3 is 0 Å². The number of carbonyl (C=O) groups is 2. The van der Waals surface area contributed by atoms with E-state index in [1.54, 1.807) is 0 Å². The lowest BCUT2D eigenvalue weighted by Crippen LogP contribution is -2.65. The van der Waals surface area contributed by atoms with Gasteiger partial charge in [-0.3, -0.25) is 9.59 Å². The topological polar surface area (TPSA) is 49.4 Å². The fourth-order valence-electron chi connectivity index (χ4n) is 3.33. The Morgan fingerprint density at radius 2 is 1.58 bits per heavy atom. The smallest absolute Gasteiger partial charge is 0.246 e. The molecule has 106 valence electrons. The first-order valence-corrected chi connectivity index (χ1v) is 6.54. The van der Waals surface area contributed by atoms with Gasteiger partial charge in [0.25, 0.3) is 0 Å². The van der Waals surface area contributed by atoms with Crippen molar-refractivity contribution < 1.29 is 9.59 Å². The Balaban J connectivity index is 2.99. The number of piperidine rings is 1. The lowest BCUT2D eigenvalue weighted by atomic mass is 9.76. The van der Waals surface area contributed by atoms with Crippen molar-refractivity contribution in [2.75, 3.05) is 0 Å². The molecule has 0 bridgehead atoms. The van der Waals surface area contributed by atoms with E-state index in [1.165, 1.54) is 12.2 Å². The van der Waals surface area contributed by atoms with E-state index in [-0.39, 0.29) is 28.9 Å². The van der Waals surface area contributed by atoms with Gasteiger partial charge < -0.3 is 10.2 Å². The van der Waals surface area contributed by atoms with Crippen LogP contribution in [0.2, 0.25) is 0 Å². The Bertz CT molecular complexity index is 392. The molecular weight excluding hydrogens is 240 g/mol. The van der Waals surface area contributed by atoms with Crippen LogP contribution in [0.25, 0.3) is 0 Å². The van der Waals surface area contributed by atoms with Crippen molar-refractivity contribution in [3.8, 4) is 0 Å². The molecule has 1 saturated heterocycles. The minimum atomic E-state index is -0.327. The summed E-state index contributed by atoms with van der Waals surface area (Å²) in [6.45, 7) is 15.1. The van der Waals surface area contributed by atoms with Gasteiger partial charge in [0.2, 0.25) is 11.8 Å². The van der Waals surface area contributed by atoms with E-state index in [0.29, 0.717) is 0 Å². The summed E-state index contributed by atoms with van der Waals surface area (Å²) in [7, 11) is 0. The average Bonchev–Trinajstić information content (AvgIpc) is 2.24. The molecule has 1 aliphatic rings. The lowest BCUT2D eigenvalue weighted by molar-refractivity contribution is -0.144. The average molecular weight is 264 g/mol. The summed E-state index contributed by atoms with van der Waals surface area (Å²) >= 11 is 0. The molecule has 1 aliphatic heterocycles. The zero-order chi connectivity index (χ0) is 14.8. The minimum Gasteiger partial charge on any atom is -0.350 e. The summed E-state index contributed by atoms with van der Waals surface area (Å²) in [5.74, 6) is -0.233. The van der Waals surface area contributed by atoms with Gasteiger partial charge in [-0.25, -0.2) is 0 Å². The minimum absolute atomic E-state index is 0.0457. The largest absolute Gasteiger partial charge is 0.350 e. The van der Waals surface area contributed by atoms with E-state index in [9.17, 15) is 9.59 Å². The van der Waals surface area contributed by atoms with Crippen molar-refractivity contribution in [1.82, 2.24) is 10.2 Å². The SMILES string of the molecule is C=CC(=O)NC1CC(C)(C)N(C(=O)C=C)C(C)(C)C1. The number of likely N-dealkylation sites (tertiary alicyclic amines) is 1. The standard InChI is InChI=1S/C15H24N2O2/c1-7-12(18)16-11-9-14(3,4)17(13(19)8-2)15(5,6)10-11/h7-8,11H,1-2,9-10H2,3-6H3,(H,16,18). The van der Waals surface area contributed by atoms with Gasteiger partial charge in [-0.15, -0.1) is 0 Å². The van der Waals surface area contributed by atoms with Gasteiger partial charge in [0.05, 0.1) is 0 Å². The van der Waals surface area contributed by atoms with Crippen LogP contribution in [-0.4, -0.2) is 33.8 Å². The highest BCUT2D eigenvalue weighted by Gasteiger charge is 2.47. The Labute approximate surface area is 115 Å². The normalized spacial score (nSPS) is 21.6. The molecule has 0 saturated carbocycles. The van der Waals surface area contributed by atoms with Crippen molar-refractivity contribution >= 4 is 11.8 Å². The van der Waals surface area contributed by atoms with Crippen molar-refractivity contribution in [1.29, 1.82) is 0 Å². The van der Waals surface area contributed by atoms with Gasteiger partial charge in [0, 0.05) is 17.1 Å². The first-order chi connectivity index (χ1) is 8.64. The summed E-state index contributed by atoms with van der Waals surface area (Å²) in [6, 6.07) is 0.0457. The highest BCUT2D eigenvalue weighted by Crippen LogP contribution is 2.38. The Kier molecular flexibility index (Phi) is 4.23. The zero-order valence-electron chi connectivity index (χ0n) is 12.3. The molecule has 0 atom stereocenters. The van der Waals surface area contributed by atoms with Crippen molar-refractivity contribution in [3.63, 3.8) is 0 Å². The van der Waals surface area contributed by atoms with Crippen LogP contribution in [0.1, 0.15) is 40.5 Å². The molecule has 0 spiro atoms. The van der Waals surface area contributed by atoms with Crippen molar-refractivity contribution in [2.45, 2.75) is 57.7 Å². The highest BCUT2D eigenvalue weighted by atomic mass is 16.2. The van der Waals surface area contributed by atoms with E-state index in [0.717, 1.165) is 12.8 Å². The summed E-state index contributed by atoms with van der Waals surface area (Å²) < 4.78 is 0. The second-order valence-corrected chi connectivity index (χ2v) is 6.32. The van der Waals surface area contributed by atoms with E-state index in [4.69, 9.17) is 0 Å². The predicted molar refractivity (Wildman–Crippen MR) is 76.6 cm³/mol. The maximum atomic E-state index is 12.1. The maximum absolute atomic E-state index is 12.1. The molecule has 0 unspecified atom stereocenters. The molecule has 0 radical (unpaired) electrons. The third kappa shape index (κ3) is 3.25. The molecule has 1 fully saturated rings. The van der Waals surface area contributed by atoms with Gasteiger partial charge in [-0.2, -0.15) is 0 Å². The lowest BCUT2D eigenvalue weighted by Gasteiger charge is -2.55. The number of nitrogens with one attached hydrogen (secondary N) is 1. The number of amides is 2. The molecule has 0 aromatic heterocycles. The second kappa shape index (κ2) is 5.19. The quantitative estimate of drug-likeness (QED) is 0.793. The molecule has 4 nitrogen and oxygen atoms in total. The summed E-state index contributed by atoms with van der Waals surface area (Å²) in [4.78, 5) is 25.4. The Morgan fingerprint density at radius 1 is 1.11 bits per heavy atom. The van der Waals surface area contributed by atoms with Crippen LogP contribution in [0.4, 0.5) is 0 Å². The molecule has 4 heteroatoms. The van der Waals surface area contributed by atoms with Gasteiger partial charge in [0.1, 0.15) is 0 Å². The molecule has 0 aromatic carbocycles. The molecular formula is C15H24N2O2. The summed E-state index contributed by atoms with van der Waals surface area (Å²) in [5.41, 5.74) is -0.654. The second-order valence-electron chi connectivity index (χ2n) is 6.32. The fraction of sp³-hybridized carbons (Fsp3) is 0.600. The summed E-state index contributed by atoms with van der Waals surface area (Å²) in [6.07, 6.45) is 4.07. The highest BCUT2D eigenvalue weighted by molar-refractivity contribution is 5.89. The Morgan fingerprint density at radius 3 is 1.95 bits per heavy atom. The third-order valence-corrected chi connectivity index (χ3v) is 3.63. The van der Waals surface area contributed by atoms with Gasteiger partial charge in [-0.05, 0) is 52.7 Å². The van der Waals surface area contributed by atoms with Crippen LogP contribution in [-0.2, 0) is 9.59 Å². The molecule has 0 aliphatic carbocycles. The van der Waals surface area contributed by atoms with Gasteiger partial charge in [-0.1, -0.05) is 13.2 Å². The van der Waals surface area contributed by atoms with E-state index >= 15 is 0 Å². The van der Waals surface area contributed by atoms with E-state index in [1.807, 2.05) is 32.6 Å². The maximum Gasteiger partial charge on any atom is 0.246 e. The first-order valence-electron chi connectivity index (χ1n) is 6.54. The van der Waals surface area contributed by atoms with E-state index in [2.05, 4.69) is 18.5 Å². The number of rotatable bonds is 3. The number of hydrogen-bond donors (Lipinski definition) is 1. The molecule has 1 heterocycles. The monoisotopic (exact) mass is 264 g/mol. The van der Waals surface area contributed by atoms with Crippen LogP contribution in [0.3, 0.4) is 0 Å². The van der Waals surface area contributed by atoms with Crippen molar-refractivity contribution in [3.05, 3.63) is 25.3 Å². The molecule has 19 heavy (non-hydrogen) atoms. The first kappa shape index (κ1) is 15.5. The zero-order valence-corrected chi connectivity index (χ0v) is 12.3. The molecule has 1 rings (SSSR count). The summed E-state index contributed by atoms with van der Waals surface area (Å²) in [5, 5.41) is 2.94. The van der Waals surface area contributed by atoms with Crippen LogP contribution >= 0.6 is 0 Å². The van der Waals surface area contributed by atoms with Crippen molar-refractivity contribution in [2.24, 2.45) is 0 Å². The van der Waals surface area contributed by atoms with Gasteiger partial charge in [0.15, 0.2) is 0 Å². The van der Waals surface area contributed by atoms with Crippen LogP contribution in [0, 0.1) is 0 Å². The predicted octanol–water partition coefficient (Wildman–Crippen LogP) is 2.02. The number of hydrogen-bond acceptors (Lipinski definition) is 2. The molecule has 1 N–H and O–H groups in total. The van der Waals surface area contributed by atoms with Crippen LogP contribution < -0.4 is 5.32 Å². The molecule has 0 aromatic rings. The Hall–Kier alpha value is -1.58. The fourth-order valence-corrected chi connectivity index (χ4v) is 3.33.